The van der Waals surface area contributed by atoms with Crippen LogP contribution < -0.4 is 64.1 Å². The number of aromatic hydroxyl groups is 1. The molecule has 13 atom stereocenters. The molecule has 0 radical (unpaired) electrons. The second-order valence-corrected chi connectivity index (χ2v) is 28.9. The van der Waals surface area contributed by atoms with E-state index < -0.39 is 219 Å². The highest BCUT2D eigenvalue weighted by Crippen LogP contribution is 2.24. The number of carboxylic acids is 2. The Kier molecular flexibility index (Phi) is 39.3. The van der Waals surface area contributed by atoms with Crippen molar-refractivity contribution in [2.24, 2.45) is 29.2 Å². The van der Waals surface area contributed by atoms with E-state index >= 15 is 0 Å². The fourth-order valence-electron chi connectivity index (χ4n) is 12.5. The molecule has 2 aromatic rings. The number of nitrogens with one attached hydrogen (secondary N) is 9. The monoisotopic (exact) mass is 1500 g/mol. The van der Waals surface area contributed by atoms with Gasteiger partial charge in [-0.25, -0.2) is 4.79 Å². The molecule has 0 aliphatic carbocycles. The topological polar surface area (TPSA) is 513 Å². The van der Waals surface area contributed by atoms with Crippen molar-refractivity contribution in [3.8, 4) is 11.5 Å². The van der Waals surface area contributed by atoms with Gasteiger partial charge in [0, 0.05) is 38.6 Å². The summed E-state index contributed by atoms with van der Waals surface area (Å²) in [4.78, 5) is 196. The van der Waals surface area contributed by atoms with E-state index in [4.69, 9.17) is 16.2 Å². The quantitative estimate of drug-likeness (QED) is 0.0199. The molecule has 2 bridgehead atoms. The number of aliphatic hydroxyl groups is 2. The molecule has 0 saturated carbocycles. The fourth-order valence-corrected chi connectivity index (χ4v) is 12.5. The molecule has 18 N–H and O–H groups in total. The molecule has 11 amide bonds. The maximum absolute atomic E-state index is 14.9. The van der Waals surface area contributed by atoms with Crippen molar-refractivity contribution in [2.75, 3.05) is 13.1 Å². The summed E-state index contributed by atoms with van der Waals surface area (Å²) in [5.74, 6) is -15.4. The molecule has 3 heterocycles. The van der Waals surface area contributed by atoms with Crippen LogP contribution in [0.1, 0.15) is 207 Å². The SMILES string of the molecule is CC[C@H](C)[C@@H]1NC(=O)[C@@H](Cc2ccc(O)cc2)NC(=O)[C@H](CCC(N)=O)NC(=O)[C@@H]2CCCN2C(=O)[C@@H](C(C)C)NC(=O)[C@H](CCC(=O)O)NC(=O)[C@@H]([C@@H](C)O)NC(=O)[C@@H](NC(=O)[C@@H](CCCN)NC(=O)[C@H](CCC(=O)O)NC(=O)CC(O)CCCCCCCCCCCC(C)C)Cc2ccc(cc2)OC1=O. The van der Waals surface area contributed by atoms with Crippen molar-refractivity contribution in [2.45, 2.75) is 282 Å². The van der Waals surface area contributed by atoms with Crippen LogP contribution >= 0.6 is 0 Å². The number of phenols is 1. The largest absolute Gasteiger partial charge is 0.508 e. The van der Waals surface area contributed by atoms with Gasteiger partial charge in [0.2, 0.25) is 65.0 Å². The first-order chi connectivity index (χ1) is 50.7. The number of hydrogen-bond acceptors (Lipinski definition) is 19. The van der Waals surface area contributed by atoms with E-state index in [0.29, 0.717) is 30.7 Å². The normalized spacial score (nSPS) is 21.8. The van der Waals surface area contributed by atoms with Crippen LogP contribution in [0.25, 0.3) is 0 Å². The third kappa shape index (κ3) is 32.4. The third-order valence-electron chi connectivity index (χ3n) is 19.1. The summed E-state index contributed by atoms with van der Waals surface area (Å²) < 4.78 is 5.84. The number of hydrogen-bond donors (Lipinski definition) is 16. The zero-order valence-corrected chi connectivity index (χ0v) is 62.8. The lowest BCUT2D eigenvalue weighted by atomic mass is 9.97. The lowest BCUT2D eigenvalue weighted by Crippen LogP contribution is -2.62. The van der Waals surface area contributed by atoms with Gasteiger partial charge in [-0.15, -0.1) is 0 Å². The minimum Gasteiger partial charge on any atom is -0.508 e. The number of nitrogens with zero attached hydrogens (tertiary/aromatic N) is 1. The lowest BCUT2D eigenvalue weighted by Gasteiger charge is -2.32. The van der Waals surface area contributed by atoms with Crippen LogP contribution in [0, 0.1) is 17.8 Å². The number of rotatable bonds is 37. The summed E-state index contributed by atoms with van der Waals surface area (Å²) in [7, 11) is 0. The highest BCUT2D eigenvalue weighted by Gasteiger charge is 2.43. The number of carbonyl (C=O) groups is 14. The number of unbranched alkanes of at least 4 members (excludes halogenated alkanes) is 8. The summed E-state index contributed by atoms with van der Waals surface area (Å²) in [5.41, 5.74) is 12.1. The van der Waals surface area contributed by atoms with Gasteiger partial charge in [-0.2, -0.15) is 0 Å². The Morgan fingerprint density at radius 3 is 1.70 bits per heavy atom. The second kappa shape index (κ2) is 46.7. The average Bonchev–Trinajstić information content (AvgIpc) is 1.77. The molecular formula is C75H116N12O20. The van der Waals surface area contributed by atoms with Crippen LogP contribution in [0.5, 0.6) is 11.5 Å². The highest BCUT2D eigenvalue weighted by molar-refractivity contribution is 6.00. The molecule has 107 heavy (non-hydrogen) atoms. The molecule has 32 heteroatoms. The van der Waals surface area contributed by atoms with Gasteiger partial charge in [0.25, 0.3) is 0 Å². The van der Waals surface area contributed by atoms with Crippen LogP contribution in [-0.4, -0.2) is 199 Å². The molecule has 1 unspecified atom stereocenters. The predicted molar refractivity (Wildman–Crippen MR) is 392 cm³/mol. The summed E-state index contributed by atoms with van der Waals surface area (Å²) in [6.45, 7) is 12.0. The van der Waals surface area contributed by atoms with Gasteiger partial charge in [0.05, 0.1) is 18.6 Å². The highest BCUT2D eigenvalue weighted by atomic mass is 16.5. The van der Waals surface area contributed by atoms with E-state index in [0.717, 1.165) is 43.9 Å². The zero-order valence-electron chi connectivity index (χ0n) is 62.8. The Balaban J connectivity index is 1.77. The number of primary amides is 1. The van der Waals surface area contributed by atoms with Gasteiger partial charge >= 0.3 is 17.9 Å². The maximum Gasteiger partial charge on any atom is 0.334 e. The summed E-state index contributed by atoms with van der Waals surface area (Å²) in [5, 5.41) is 74.6. The van der Waals surface area contributed by atoms with Gasteiger partial charge in [0.1, 0.15) is 71.9 Å². The molecule has 3 aliphatic heterocycles. The number of ether oxygens (including phenoxy) is 1. The van der Waals surface area contributed by atoms with Crippen molar-refractivity contribution in [3.63, 3.8) is 0 Å². The van der Waals surface area contributed by atoms with Crippen LogP contribution in [0.4, 0.5) is 0 Å². The van der Waals surface area contributed by atoms with E-state index in [9.17, 15) is 92.7 Å². The number of fused-ring (bicyclic) bond motifs is 23. The van der Waals surface area contributed by atoms with Crippen molar-refractivity contribution < 1.29 is 97.4 Å². The maximum atomic E-state index is 14.9. The number of amides is 11. The number of carboxylic acid groups (broad SMARTS) is 2. The molecule has 5 rings (SSSR count). The zero-order chi connectivity index (χ0) is 79.4. The summed E-state index contributed by atoms with van der Waals surface area (Å²) >= 11 is 0. The number of aliphatic carboxylic acids is 2. The first-order valence-electron chi connectivity index (χ1n) is 37.6. The van der Waals surface area contributed by atoms with Crippen LogP contribution in [0.3, 0.4) is 0 Å². The first-order valence-corrected chi connectivity index (χ1v) is 37.6. The van der Waals surface area contributed by atoms with Crippen molar-refractivity contribution in [1.82, 2.24) is 52.8 Å². The Morgan fingerprint density at radius 2 is 1.13 bits per heavy atom. The molecule has 596 valence electrons. The minimum atomic E-state index is -1.99. The van der Waals surface area contributed by atoms with Crippen molar-refractivity contribution in [1.29, 1.82) is 0 Å². The van der Waals surface area contributed by atoms with Gasteiger partial charge in [-0.3, -0.25) is 62.3 Å². The Morgan fingerprint density at radius 1 is 0.589 bits per heavy atom. The van der Waals surface area contributed by atoms with Gasteiger partial charge in [-0.05, 0) is 118 Å². The van der Waals surface area contributed by atoms with Crippen LogP contribution in [0.2, 0.25) is 0 Å². The molecule has 32 nitrogen and oxygen atoms in total. The van der Waals surface area contributed by atoms with Crippen molar-refractivity contribution >= 4 is 82.9 Å². The molecule has 0 spiro atoms. The van der Waals surface area contributed by atoms with E-state index in [1.807, 2.05) is 0 Å². The lowest BCUT2D eigenvalue weighted by molar-refractivity contribution is -0.144. The Labute approximate surface area is 625 Å². The van der Waals surface area contributed by atoms with E-state index in [1.54, 1.807) is 27.7 Å². The van der Waals surface area contributed by atoms with E-state index in [-0.39, 0.29) is 62.3 Å². The average molecular weight is 1510 g/mol. The van der Waals surface area contributed by atoms with Gasteiger partial charge in [-0.1, -0.05) is 136 Å². The fraction of sp³-hybridized carbons (Fsp3) is 0.653. The van der Waals surface area contributed by atoms with Gasteiger partial charge < -0.3 is 94.5 Å². The molecule has 3 aliphatic rings. The number of benzene rings is 2. The number of esters is 1. The Hall–Kier alpha value is -9.30. The molecule has 1 fully saturated rings. The van der Waals surface area contributed by atoms with Crippen LogP contribution in [0.15, 0.2) is 48.5 Å². The van der Waals surface area contributed by atoms with E-state index in [2.05, 4.69) is 61.7 Å². The number of carbonyl (C=O) groups excluding carboxylic acids is 12. The predicted octanol–water partition coefficient (Wildman–Crippen LogP) is 1.97. The Bertz CT molecular complexity index is 3280. The van der Waals surface area contributed by atoms with Crippen molar-refractivity contribution in [3.05, 3.63) is 59.7 Å². The second-order valence-electron chi connectivity index (χ2n) is 28.9. The minimum absolute atomic E-state index is 0.0235. The first kappa shape index (κ1) is 90.1. The number of nitrogens with two attached hydrogens (primary N) is 2. The summed E-state index contributed by atoms with van der Waals surface area (Å²) in [6.07, 6.45) is 4.05. The third-order valence-corrected chi connectivity index (χ3v) is 19.1. The number of aliphatic hydroxyl groups excluding tert-OH is 2. The van der Waals surface area contributed by atoms with E-state index in [1.165, 1.54) is 74.2 Å². The number of phenolic OH excluding ortho intramolecular Hbond substituents is 1. The standard InChI is InChI=1S/C75H116N12O20/c1-8-45(6)64-75(106)107-51-30-26-48(27-31-51)41-57(82-66(97)52(22-18-38-76)79-67(98)53(33-36-61(93)94)78-60(92)42-50(90)21-17-15-13-11-9-10-12-14-16-20-43(2)3)71(102)86-65(46(7)88)73(104)81-55(34-37-62(95)96)69(100)84-63(44(4)5)74(105)87-39-19-23-58(87)72(103)80-54(32-35-59(77)91)68(99)83-56(70(101)85-64)40-47-24-28-49(89)29-25-47/h24-31,43-46,50,52-58,63-65,88-90H,8-23,32-42,76H2,1-7H3,(H2,77,91)(H,78,92)(H,79,98)(H,80,103)(H,81,104)(H,82,97)(H,83,99)(H,84,100)(H,85,101)(H,86,102)(H,93,94)(H,95,96)/t45-,46+,50?,52+,53-,54-,55-,56+,57-,58-,63+,64-,65+/m0/s1. The molecule has 1 saturated heterocycles. The molecule has 0 aromatic heterocycles. The van der Waals surface area contributed by atoms with Gasteiger partial charge in [0.15, 0.2) is 0 Å². The smallest absolute Gasteiger partial charge is 0.334 e. The molecule has 2 aromatic carbocycles. The molecular weight excluding hydrogens is 1390 g/mol. The summed E-state index contributed by atoms with van der Waals surface area (Å²) in [6, 6.07) is -4.88. The van der Waals surface area contributed by atoms with Crippen LogP contribution in [-0.2, 0) is 80.0 Å².